The number of benzene rings is 1. The van der Waals surface area contributed by atoms with E-state index in [1.54, 1.807) is 11.8 Å². The first-order valence-corrected chi connectivity index (χ1v) is 7.67. The fraction of sp³-hybridized carbons (Fsp3) is 0.333. The quantitative estimate of drug-likeness (QED) is 0.661. The highest BCUT2D eigenvalue weighted by Gasteiger charge is 2.33. The van der Waals surface area contributed by atoms with Crippen LogP contribution in [0.3, 0.4) is 0 Å². The normalized spacial score (nSPS) is 21.4. The lowest BCUT2D eigenvalue weighted by Crippen LogP contribution is -2.34. The van der Waals surface area contributed by atoms with Crippen LogP contribution in [0.2, 0.25) is 0 Å². The minimum Gasteiger partial charge on any atom is -0.481 e. The number of nitrogens with one attached hydrogen (secondary N) is 1. The zero-order valence-electron chi connectivity index (χ0n) is 11.2. The summed E-state index contributed by atoms with van der Waals surface area (Å²) in [5, 5.41) is 12.0. The number of hydrogen-bond acceptors (Lipinski definition) is 3. The van der Waals surface area contributed by atoms with Crippen molar-refractivity contribution >= 4 is 29.3 Å². The zero-order chi connectivity index (χ0) is 14.5. The van der Waals surface area contributed by atoms with Gasteiger partial charge in [0.25, 0.3) is 0 Å². The second kappa shape index (κ2) is 6.61. The van der Waals surface area contributed by atoms with Crippen molar-refractivity contribution in [1.29, 1.82) is 0 Å². The standard InChI is InChI=1S/C15H17NO3S/c1-20-11-6-4-5-10(9-11)16-14(17)12-7-2-3-8-13(12)15(18)19/h2-6,9,12-13H,7-8H2,1H3,(H,16,17)(H,18,19)/t12-,13-/m1/s1. The highest BCUT2D eigenvalue weighted by atomic mass is 32.2. The number of aliphatic carboxylic acids is 1. The minimum absolute atomic E-state index is 0.222. The van der Waals surface area contributed by atoms with Gasteiger partial charge in [-0.25, -0.2) is 0 Å². The molecule has 0 fully saturated rings. The third kappa shape index (κ3) is 3.42. The maximum Gasteiger partial charge on any atom is 0.307 e. The first-order valence-electron chi connectivity index (χ1n) is 6.44. The lowest BCUT2D eigenvalue weighted by molar-refractivity contribution is -0.146. The van der Waals surface area contributed by atoms with E-state index in [4.69, 9.17) is 0 Å². The average molecular weight is 291 g/mol. The number of hydrogen-bond donors (Lipinski definition) is 2. The number of rotatable bonds is 4. The van der Waals surface area contributed by atoms with Crippen LogP contribution in [0.5, 0.6) is 0 Å². The van der Waals surface area contributed by atoms with Gasteiger partial charge in [0.1, 0.15) is 0 Å². The van der Waals surface area contributed by atoms with Crippen LogP contribution in [0.1, 0.15) is 12.8 Å². The van der Waals surface area contributed by atoms with Gasteiger partial charge in [-0.2, -0.15) is 0 Å². The third-order valence-corrected chi connectivity index (χ3v) is 4.15. The predicted octanol–water partition coefficient (Wildman–Crippen LogP) is 3.01. The summed E-state index contributed by atoms with van der Waals surface area (Å²) in [5.41, 5.74) is 0.709. The van der Waals surface area contributed by atoms with Gasteiger partial charge in [-0.1, -0.05) is 18.2 Å². The van der Waals surface area contributed by atoms with Crippen LogP contribution in [-0.2, 0) is 9.59 Å². The van der Waals surface area contributed by atoms with E-state index in [0.717, 1.165) is 4.90 Å². The summed E-state index contributed by atoms with van der Waals surface area (Å²) in [7, 11) is 0. The van der Waals surface area contributed by atoms with Gasteiger partial charge in [0.05, 0.1) is 11.8 Å². The molecule has 5 heteroatoms. The van der Waals surface area contributed by atoms with Crippen molar-refractivity contribution in [2.75, 3.05) is 11.6 Å². The van der Waals surface area contributed by atoms with Gasteiger partial charge in [-0.05, 0) is 37.3 Å². The Morgan fingerprint density at radius 1 is 1.25 bits per heavy atom. The number of carboxylic acid groups (broad SMARTS) is 1. The van der Waals surface area contributed by atoms with Crippen molar-refractivity contribution in [2.24, 2.45) is 11.8 Å². The largest absolute Gasteiger partial charge is 0.481 e. The Balaban J connectivity index is 2.10. The van der Waals surface area contributed by atoms with E-state index in [1.807, 2.05) is 42.7 Å². The van der Waals surface area contributed by atoms with Crippen molar-refractivity contribution in [3.63, 3.8) is 0 Å². The second-order valence-corrected chi connectivity index (χ2v) is 5.59. The van der Waals surface area contributed by atoms with Crippen molar-refractivity contribution in [2.45, 2.75) is 17.7 Å². The van der Waals surface area contributed by atoms with Crippen molar-refractivity contribution < 1.29 is 14.7 Å². The van der Waals surface area contributed by atoms with Crippen LogP contribution >= 0.6 is 11.8 Å². The topological polar surface area (TPSA) is 66.4 Å². The fourth-order valence-corrected chi connectivity index (χ4v) is 2.77. The summed E-state index contributed by atoms with van der Waals surface area (Å²) in [6.07, 6.45) is 6.57. The summed E-state index contributed by atoms with van der Waals surface area (Å²) in [6, 6.07) is 7.53. The maximum absolute atomic E-state index is 12.3. The summed E-state index contributed by atoms with van der Waals surface area (Å²) >= 11 is 1.59. The molecule has 4 nitrogen and oxygen atoms in total. The molecule has 106 valence electrons. The van der Waals surface area contributed by atoms with Crippen LogP contribution in [0, 0.1) is 11.8 Å². The molecule has 1 aliphatic rings. The second-order valence-electron chi connectivity index (χ2n) is 4.72. The first-order chi connectivity index (χ1) is 9.61. The van der Waals surface area contributed by atoms with Crippen molar-refractivity contribution in [3.05, 3.63) is 36.4 Å². The molecule has 1 aromatic rings. The Labute approximate surface area is 122 Å². The molecular weight excluding hydrogens is 274 g/mol. The maximum atomic E-state index is 12.3. The number of amides is 1. The molecule has 0 aliphatic heterocycles. The van der Waals surface area contributed by atoms with Gasteiger partial charge in [0, 0.05) is 10.6 Å². The first kappa shape index (κ1) is 14.7. The van der Waals surface area contributed by atoms with E-state index in [1.165, 1.54) is 0 Å². The van der Waals surface area contributed by atoms with E-state index in [2.05, 4.69) is 5.32 Å². The lowest BCUT2D eigenvalue weighted by atomic mass is 9.82. The van der Waals surface area contributed by atoms with Crippen molar-refractivity contribution in [3.8, 4) is 0 Å². The Bertz CT molecular complexity index is 542. The van der Waals surface area contributed by atoms with Crippen LogP contribution in [-0.4, -0.2) is 23.2 Å². The molecule has 0 saturated heterocycles. The predicted molar refractivity (Wildman–Crippen MR) is 79.8 cm³/mol. The van der Waals surface area contributed by atoms with Crippen LogP contribution in [0.25, 0.3) is 0 Å². The van der Waals surface area contributed by atoms with Crippen LogP contribution in [0.4, 0.5) is 5.69 Å². The van der Waals surface area contributed by atoms with E-state index >= 15 is 0 Å². The number of carbonyl (C=O) groups excluding carboxylic acids is 1. The number of anilines is 1. The van der Waals surface area contributed by atoms with Gasteiger partial charge in [0.2, 0.25) is 5.91 Å². The molecular formula is C15H17NO3S. The Kier molecular flexibility index (Phi) is 4.84. The number of allylic oxidation sites excluding steroid dienone is 2. The number of carbonyl (C=O) groups is 2. The molecule has 0 heterocycles. The molecule has 0 bridgehead atoms. The molecule has 2 N–H and O–H groups in total. The summed E-state index contributed by atoms with van der Waals surface area (Å²) in [6.45, 7) is 0. The van der Waals surface area contributed by atoms with Crippen LogP contribution in [0.15, 0.2) is 41.3 Å². The van der Waals surface area contributed by atoms with Gasteiger partial charge in [0.15, 0.2) is 0 Å². The van der Waals surface area contributed by atoms with Gasteiger partial charge >= 0.3 is 5.97 Å². The highest BCUT2D eigenvalue weighted by Crippen LogP contribution is 2.27. The van der Waals surface area contributed by atoms with E-state index in [0.29, 0.717) is 18.5 Å². The van der Waals surface area contributed by atoms with Gasteiger partial charge in [-0.3, -0.25) is 9.59 Å². The van der Waals surface area contributed by atoms with Crippen molar-refractivity contribution in [1.82, 2.24) is 0 Å². The van der Waals surface area contributed by atoms with Gasteiger partial charge in [-0.15, -0.1) is 11.8 Å². The monoisotopic (exact) mass is 291 g/mol. The molecule has 2 rings (SSSR count). The lowest BCUT2D eigenvalue weighted by Gasteiger charge is -2.24. The molecule has 20 heavy (non-hydrogen) atoms. The minimum atomic E-state index is -0.910. The Morgan fingerprint density at radius 2 is 1.95 bits per heavy atom. The zero-order valence-corrected chi connectivity index (χ0v) is 12.0. The van der Waals surface area contributed by atoms with Crippen LogP contribution < -0.4 is 5.32 Å². The summed E-state index contributed by atoms with van der Waals surface area (Å²) in [5.74, 6) is -2.27. The Morgan fingerprint density at radius 3 is 2.60 bits per heavy atom. The van der Waals surface area contributed by atoms with Gasteiger partial charge < -0.3 is 10.4 Å². The molecule has 0 unspecified atom stereocenters. The summed E-state index contributed by atoms with van der Waals surface area (Å²) in [4.78, 5) is 24.5. The molecule has 1 aliphatic carbocycles. The third-order valence-electron chi connectivity index (χ3n) is 3.42. The fourth-order valence-electron chi connectivity index (χ4n) is 2.31. The van der Waals surface area contributed by atoms with E-state index in [-0.39, 0.29) is 5.91 Å². The van der Waals surface area contributed by atoms with E-state index < -0.39 is 17.8 Å². The molecule has 1 amide bonds. The highest BCUT2D eigenvalue weighted by molar-refractivity contribution is 7.98. The SMILES string of the molecule is CSc1cccc(NC(=O)[C@@H]2CC=CC[C@H]2C(=O)O)c1. The molecule has 0 spiro atoms. The smallest absolute Gasteiger partial charge is 0.307 e. The summed E-state index contributed by atoms with van der Waals surface area (Å²) < 4.78 is 0. The molecule has 1 aromatic carbocycles. The molecule has 0 aromatic heterocycles. The van der Waals surface area contributed by atoms with E-state index in [9.17, 15) is 14.7 Å². The molecule has 2 atom stereocenters. The number of carboxylic acids is 1. The average Bonchev–Trinajstić information content (AvgIpc) is 2.47. The molecule has 0 radical (unpaired) electrons. The number of thioether (sulfide) groups is 1. The molecule has 0 saturated carbocycles. The Hall–Kier alpha value is -1.75.